The van der Waals surface area contributed by atoms with E-state index < -0.39 is 0 Å². The summed E-state index contributed by atoms with van der Waals surface area (Å²) >= 11 is 4.24. The highest BCUT2D eigenvalue weighted by molar-refractivity contribution is 15.0. The van der Waals surface area contributed by atoms with Crippen LogP contribution in [0.1, 0.15) is 13.8 Å². The molecule has 20 heavy (non-hydrogen) atoms. The van der Waals surface area contributed by atoms with Gasteiger partial charge in [0.05, 0.1) is 14.1 Å². The zero-order valence-electron chi connectivity index (χ0n) is 12.7. The van der Waals surface area contributed by atoms with Crippen molar-refractivity contribution in [1.82, 2.24) is 10.6 Å². The highest BCUT2D eigenvalue weighted by Crippen LogP contribution is 2.13. The van der Waals surface area contributed by atoms with Crippen LogP contribution in [0.15, 0.2) is 0 Å². The van der Waals surface area contributed by atoms with Crippen LogP contribution in [0.2, 0.25) is 0 Å². The Balaban J connectivity index is 0.00000172. The molecule has 1 heterocycles. The van der Waals surface area contributed by atoms with E-state index in [-0.39, 0.29) is 11.8 Å². The molecule has 1 fully saturated rings. The predicted molar refractivity (Wildman–Crippen MR) is 97.2 cm³/mol. The van der Waals surface area contributed by atoms with E-state index in [0.29, 0.717) is 13.3 Å². The van der Waals surface area contributed by atoms with Crippen LogP contribution < -0.4 is 10.6 Å². The first-order chi connectivity index (χ1) is 9.25. The summed E-state index contributed by atoms with van der Waals surface area (Å²) in [5, 5.41) is 5.78. The van der Waals surface area contributed by atoms with Gasteiger partial charge in [0.2, 0.25) is 11.8 Å². The molecule has 118 valence electrons. The van der Waals surface area contributed by atoms with E-state index >= 15 is 0 Å². The van der Waals surface area contributed by atoms with Gasteiger partial charge in [0.15, 0.2) is 13.3 Å². The van der Waals surface area contributed by atoms with Crippen LogP contribution in [-0.2, 0) is 9.59 Å². The number of nitrogens with zero attached hydrogens (tertiary/aromatic N) is 2. The first-order valence-electron chi connectivity index (χ1n) is 6.55. The zero-order valence-corrected chi connectivity index (χ0v) is 17.0. The number of carbonyl (C=O) groups is 2. The van der Waals surface area contributed by atoms with Crippen molar-refractivity contribution in [2.75, 3.05) is 53.6 Å². The molecule has 0 aromatic heterocycles. The quantitative estimate of drug-likeness (QED) is 0.434. The number of halogens is 2. The minimum Gasteiger partial charge on any atom is -0.310 e. The van der Waals surface area contributed by atoms with Crippen molar-refractivity contribution >= 4 is 49.0 Å². The van der Waals surface area contributed by atoms with Gasteiger partial charge in [0, 0.05) is 51.1 Å². The maximum Gasteiger partial charge on any atom is 0.221 e. The lowest BCUT2D eigenvalue weighted by molar-refractivity contribution is -1.02. The predicted octanol–water partition coefficient (Wildman–Crippen LogP) is 0.852. The lowest BCUT2D eigenvalue weighted by Crippen LogP contribution is -2.67. The molecule has 0 aliphatic carbocycles. The van der Waals surface area contributed by atoms with Crippen molar-refractivity contribution in [2.24, 2.45) is 0 Å². The smallest absolute Gasteiger partial charge is 0.221 e. The van der Waals surface area contributed by atoms with Crippen LogP contribution in [-0.4, -0.2) is 74.4 Å². The van der Waals surface area contributed by atoms with Crippen molar-refractivity contribution in [3.8, 4) is 0 Å². The zero-order chi connectivity index (χ0) is 15.8. The molecule has 0 radical (unpaired) electrons. The van der Waals surface area contributed by atoms with Gasteiger partial charge in [-0.25, -0.2) is 0 Å². The average molecular weight is 512 g/mol. The largest absolute Gasteiger partial charge is 0.310 e. The Morgan fingerprint density at radius 3 is 1.30 bits per heavy atom. The Morgan fingerprint density at radius 2 is 1.10 bits per heavy atom. The summed E-state index contributed by atoms with van der Waals surface area (Å²) in [4.78, 5) is 21.9. The summed E-state index contributed by atoms with van der Waals surface area (Å²) in [7, 11) is 4.33. The third-order valence-electron chi connectivity index (χ3n) is 3.78. The standard InChI is InChI=1S/C12H24N4O2.I2/c1-11(17)13-9-15(3)5-7-16(4,8-6-15)10-14-12(2)18;1-2/h5-10H2,1-4H3;/p+2. The number of piperazine rings is 1. The number of quaternary nitrogens is 2. The molecule has 2 N–H and O–H groups in total. The van der Waals surface area contributed by atoms with Gasteiger partial charge in [-0.3, -0.25) is 18.6 Å². The lowest BCUT2D eigenvalue weighted by Gasteiger charge is -2.45. The van der Waals surface area contributed by atoms with Crippen LogP contribution in [0.4, 0.5) is 0 Å². The Kier molecular flexibility index (Phi) is 9.51. The van der Waals surface area contributed by atoms with Gasteiger partial charge in [-0.05, 0) is 0 Å². The number of hydrogen-bond donors (Lipinski definition) is 2. The molecule has 1 rings (SSSR count). The van der Waals surface area contributed by atoms with E-state index in [1.165, 1.54) is 0 Å². The van der Waals surface area contributed by atoms with E-state index in [0.717, 1.165) is 35.1 Å². The minimum atomic E-state index is 0.0235. The van der Waals surface area contributed by atoms with E-state index in [1.807, 2.05) is 0 Å². The Labute approximate surface area is 145 Å². The third kappa shape index (κ3) is 7.93. The molecular formula is C12H26I2N4O2+2. The van der Waals surface area contributed by atoms with Crippen molar-refractivity contribution in [3.05, 3.63) is 0 Å². The highest BCUT2D eigenvalue weighted by atomic mass is 128. The molecule has 0 bridgehead atoms. The van der Waals surface area contributed by atoms with Crippen LogP contribution in [0.5, 0.6) is 0 Å². The SMILES string of the molecule is CC(=O)NC[N+]1(C)CC[N+](C)(CNC(C)=O)CC1.II. The molecule has 8 heteroatoms. The fourth-order valence-electron chi connectivity index (χ4n) is 2.11. The Bertz CT molecular complexity index is 299. The highest BCUT2D eigenvalue weighted by Gasteiger charge is 2.36. The lowest BCUT2D eigenvalue weighted by atomic mass is 10.2. The van der Waals surface area contributed by atoms with Crippen molar-refractivity contribution in [3.63, 3.8) is 0 Å². The van der Waals surface area contributed by atoms with Crippen LogP contribution in [0.3, 0.4) is 0 Å². The number of likely N-dealkylation sites (N-methyl/N-ethyl adjacent to an activating group) is 2. The molecule has 2 amide bonds. The normalized spacial score (nSPS) is 28.9. The molecule has 0 aromatic rings. The first kappa shape index (κ1) is 20.3. The van der Waals surface area contributed by atoms with E-state index in [4.69, 9.17) is 0 Å². The molecular weight excluding hydrogens is 486 g/mol. The van der Waals surface area contributed by atoms with Crippen LogP contribution in [0, 0.1) is 0 Å². The minimum absolute atomic E-state index is 0.0235. The van der Waals surface area contributed by atoms with Gasteiger partial charge in [-0.2, -0.15) is 0 Å². The topological polar surface area (TPSA) is 58.2 Å². The summed E-state index contributed by atoms with van der Waals surface area (Å²) in [5.74, 6) is 0.0471. The Morgan fingerprint density at radius 1 is 0.850 bits per heavy atom. The molecule has 1 aliphatic heterocycles. The second-order valence-corrected chi connectivity index (χ2v) is 5.92. The van der Waals surface area contributed by atoms with E-state index in [1.54, 1.807) is 13.8 Å². The van der Waals surface area contributed by atoms with Gasteiger partial charge in [0.1, 0.15) is 26.2 Å². The third-order valence-corrected chi connectivity index (χ3v) is 3.78. The summed E-state index contributed by atoms with van der Waals surface area (Å²) in [5.41, 5.74) is 0. The molecule has 1 saturated heterocycles. The van der Waals surface area contributed by atoms with Crippen LogP contribution >= 0.6 is 37.2 Å². The molecule has 0 unspecified atom stereocenters. The van der Waals surface area contributed by atoms with Crippen molar-refractivity contribution in [1.29, 1.82) is 0 Å². The molecule has 0 spiro atoms. The van der Waals surface area contributed by atoms with Gasteiger partial charge in [0.25, 0.3) is 0 Å². The maximum absolute atomic E-state index is 11.0. The number of rotatable bonds is 4. The molecule has 6 nitrogen and oxygen atoms in total. The number of nitrogens with one attached hydrogen (secondary N) is 2. The van der Waals surface area contributed by atoms with E-state index in [2.05, 4.69) is 62.0 Å². The number of amides is 2. The fraction of sp³-hybridized carbons (Fsp3) is 0.833. The van der Waals surface area contributed by atoms with Crippen molar-refractivity contribution < 1.29 is 18.6 Å². The van der Waals surface area contributed by atoms with Gasteiger partial charge in [-0.1, -0.05) is 0 Å². The molecule has 0 atom stereocenters. The maximum atomic E-state index is 11.0. The molecule has 1 aliphatic rings. The van der Waals surface area contributed by atoms with Crippen LogP contribution in [0.25, 0.3) is 0 Å². The first-order valence-corrected chi connectivity index (χ1v) is 12.8. The fourth-order valence-corrected chi connectivity index (χ4v) is 2.11. The average Bonchev–Trinajstić information content (AvgIpc) is 2.41. The summed E-state index contributed by atoms with van der Waals surface area (Å²) in [6, 6.07) is 0. The van der Waals surface area contributed by atoms with Gasteiger partial charge < -0.3 is 10.6 Å². The number of hydrogen-bond acceptors (Lipinski definition) is 2. The Hall–Kier alpha value is 0.320. The monoisotopic (exact) mass is 512 g/mol. The molecule has 0 saturated carbocycles. The van der Waals surface area contributed by atoms with E-state index in [9.17, 15) is 9.59 Å². The summed E-state index contributed by atoms with van der Waals surface area (Å²) < 4.78 is 1.74. The number of carbonyl (C=O) groups excluding carboxylic acids is 2. The van der Waals surface area contributed by atoms with Gasteiger partial charge >= 0.3 is 0 Å². The van der Waals surface area contributed by atoms with Crippen molar-refractivity contribution in [2.45, 2.75) is 13.8 Å². The van der Waals surface area contributed by atoms with Gasteiger partial charge in [-0.15, -0.1) is 0 Å². The second kappa shape index (κ2) is 9.36. The summed E-state index contributed by atoms with van der Waals surface area (Å²) in [6.07, 6.45) is 0. The second-order valence-electron chi connectivity index (χ2n) is 5.92. The summed E-state index contributed by atoms with van der Waals surface area (Å²) in [6.45, 7) is 8.52. The molecule has 0 aromatic carbocycles.